The number of carbonyl (C=O) groups is 1. The molecule has 0 aliphatic carbocycles. The molecule has 1 aromatic heterocycles. The van der Waals surface area contributed by atoms with Gasteiger partial charge in [-0.3, -0.25) is 0 Å². The van der Waals surface area contributed by atoms with Gasteiger partial charge in [-0.05, 0) is 41.4 Å². The molecule has 1 aromatic carbocycles. The Morgan fingerprint density at radius 2 is 1.92 bits per heavy atom. The van der Waals surface area contributed by atoms with Crippen LogP contribution in [0.2, 0.25) is 0 Å². The number of halogens is 3. The highest BCUT2D eigenvalue weighted by molar-refractivity contribution is 7.80. The lowest BCUT2D eigenvalue weighted by molar-refractivity contribution is -0.138. The minimum Gasteiger partial charge on any atom is -0.466 e. The van der Waals surface area contributed by atoms with Gasteiger partial charge in [0.1, 0.15) is 0 Å². The molecule has 2 aromatic rings. The number of thiocarbonyl (C=S) groups is 1. The summed E-state index contributed by atoms with van der Waals surface area (Å²) < 4.78 is 43.3. The molecule has 2 heterocycles. The van der Waals surface area contributed by atoms with Gasteiger partial charge in [0, 0.05) is 4.88 Å². The Bertz CT molecular complexity index is 859. The standard InChI is InChI=1S/C17H13F3N2O2S2/c1-24-15(23)12-13(9-4-6-10(7-5-9)17(18,19)20)21-16(25)22-14(12)11-3-2-8-26-11/h2-8,14H,1H3,(H2,21,22,25). The number of hydrogen-bond donors (Lipinski definition) is 2. The van der Waals surface area contributed by atoms with Crippen molar-refractivity contribution in [1.29, 1.82) is 0 Å². The molecule has 136 valence electrons. The number of thiophene rings is 1. The predicted molar refractivity (Wildman–Crippen MR) is 96.3 cm³/mol. The molecule has 1 atom stereocenters. The quantitative estimate of drug-likeness (QED) is 0.607. The van der Waals surface area contributed by atoms with E-state index in [0.717, 1.165) is 17.0 Å². The maximum atomic E-state index is 12.8. The minimum atomic E-state index is -4.44. The van der Waals surface area contributed by atoms with E-state index < -0.39 is 23.8 Å². The van der Waals surface area contributed by atoms with Crippen molar-refractivity contribution in [3.05, 3.63) is 63.4 Å². The smallest absolute Gasteiger partial charge is 0.416 e. The van der Waals surface area contributed by atoms with Crippen molar-refractivity contribution in [3.63, 3.8) is 0 Å². The average molecular weight is 398 g/mol. The molecule has 0 spiro atoms. The van der Waals surface area contributed by atoms with E-state index in [1.54, 1.807) is 0 Å². The summed E-state index contributed by atoms with van der Waals surface area (Å²) >= 11 is 6.64. The van der Waals surface area contributed by atoms with Crippen LogP contribution in [0.25, 0.3) is 5.70 Å². The second-order valence-corrected chi connectivity index (χ2v) is 6.79. The molecule has 0 radical (unpaired) electrons. The molecular weight excluding hydrogens is 385 g/mol. The first kappa shape index (κ1) is 18.4. The van der Waals surface area contributed by atoms with Gasteiger partial charge >= 0.3 is 12.1 Å². The van der Waals surface area contributed by atoms with Crippen LogP contribution in [-0.4, -0.2) is 18.2 Å². The molecule has 1 unspecified atom stereocenters. The van der Waals surface area contributed by atoms with Gasteiger partial charge < -0.3 is 15.4 Å². The monoisotopic (exact) mass is 398 g/mol. The summed E-state index contributed by atoms with van der Waals surface area (Å²) in [4.78, 5) is 13.2. The zero-order chi connectivity index (χ0) is 18.9. The van der Waals surface area contributed by atoms with Crippen molar-refractivity contribution in [2.75, 3.05) is 7.11 Å². The third kappa shape index (κ3) is 3.58. The number of carbonyl (C=O) groups excluding carboxylic acids is 1. The van der Waals surface area contributed by atoms with Crippen LogP contribution in [0.5, 0.6) is 0 Å². The number of rotatable bonds is 3. The minimum absolute atomic E-state index is 0.253. The number of methoxy groups -OCH3 is 1. The zero-order valence-electron chi connectivity index (χ0n) is 13.4. The van der Waals surface area contributed by atoms with Gasteiger partial charge in [-0.25, -0.2) is 4.79 Å². The zero-order valence-corrected chi connectivity index (χ0v) is 15.0. The second-order valence-electron chi connectivity index (χ2n) is 5.40. The molecule has 0 saturated carbocycles. The molecule has 1 aliphatic heterocycles. The van der Waals surface area contributed by atoms with E-state index >= 15 is 0 Å². The molecule has 0 bridgehead atoms. The third-order valence-corrected chi connectivity index (χ3v) is 4.96. The highest BCUT2D eigenvalue weighted by atomic mass is 32.1. The Labute approximate surface area is 156 Å². The number of alkyl halides is 3. The van der Waals surface area contributed by atoms with Gasteiger partial charge in [0.25, 0.3) is 0 Å². The molecule has 2 N–H and O–H groups in total. The van der Waals surface area contributed by atoms with Gasteiger partial charge in [0.2, 0.25) is 0 Å². The second kappa shape index (κ2) is 7.08. The SMILES string of the molecule is COC(=O)C1=C(c2ccc(C(F)(F)F)cc2)NC(=S)NC1c1cccs1. The lowest BCUT2D eigenvalue weighted by atomic mass is 9.96. The molecule has 0 fully saturated rings. The van der Waals surface area contributed by atoms with Crippen molar-refractivity contribution in [3.8, 4) is 0 Å². The highest BCUT2D eigenvalue weighted by Gasteiger charge is 2.34. The van der Waals surface area contributed by atoms with E-state index in [2.05, 4.69) is 10.6 Å². The van der Waals surface area contributed by atoms with Crippen LogP contribution in [0.15, 0.2) is 47.4 Å². The van der Waals surface area contributed by atoms with E-state index in [1.807, 2.05) is 17.5 Å². The Kier molecular flexibility index (Phi) is 5.01. The van der Waals surface area contributed by atoms with Gasteiger partial charge in [-0.1, -0.05) is 18.2 Å². The molecule has 3 rings (SSSR count). The summed E-state index contributed by atoms with van der Waals surface area (Å²) in [5, 5.41) is 8.01. The summed E-state index contributed by atoms with van der Waals surface area (Å²) in [7, 11) is 1.25. The predicted octanol–water partition coefficient (Wildman–Crippen LogP) is 3.87. The Morgan fingerprint density at radius 1 is 1.23 bits per heavy atom. The number of benzene rings is 1. The van der Waals surface area contributed by atoms with Gasteiger partial charge in [0.05, 0.1) is 30.0 Å². The summed E-state index contributed by atoms with van der Waals surface area (Å²) in [6, 6.07) is 7.65. The molecule has 26 heavy (non-hydrogen) atoms. The van der Waals surface area contributed by atoms with Crippen molar-refractivity contribution in [2.45, 2.75) is 12.2 Å². The molecular formula is C17H13F3N2O2S2. The third-order valence-electron chi connectivity index (χ3n) is 3.81. The summed E-state index contributed by atoms with van der Waals surface area (Å²) in [5.74, 6) is -0.596. The van der Waals surface area contributed by atoms with Gasteiger partial charge in [-0.2, -0.15) is 13.2 Å². The Balaban J connectivity index is 2.13. The van der Waals surface area contributed by atoms with Crippen LogP contribution in [0, 0.1) is 0 Å². The van der Waals surface area contributed by atoms with Crippen LogP contribution < -0.4 is 10.6 Å². The molecule has 4 nitrogen and oxygen atoms in total. The largest absolute Gasteiger partial charge is 0.466 e. The van der Waals surface area contributed by atoms with E-state index in [0.29, 0.717) is 11.3 Å². The fraction of sp³-hybridized carbons (Fsp3) is 0.176. The first-order valence-electron chi connectivity index (χ1n) is 7.42. The topological polar surface area (TPSA) is 50.4 Å². The number of esters is 1. The van der Waals surface area contributed by atoms with E-state index in [1.165, 1.54) is 30.6 Å². The van der Waals surface area contributed by atoms with Crippen molar-refractivity contribution >= 4 is 40.3 Å². The number of hydrogen-bond acceptors (Lipinski definition) is 4. The van der Waals surface area contributed by atoms with Crippen LogP contribution >= 0.6 is 23.6 Å². The van der Waals surface area contributed by atoms with E-state index in [4.69, 9.17) is 17.0 Å². The first-order valence-corrected chi connectivity index (χ1v) is 8.71. The molecule has 1 aliphatic rings. The fourth-order valence-corrected chi connectivity index (χ4v) is 3.62. The maximum absolute atomic E-state index is 12.8. The molecule has 0 saturated heterocycles. The maximum Gasteiger partial charge on any atom is 0.416 e. The molecule has 9 heteroatoms. The lowest BCUT2D eigenvalue weighted by Crippen LogP contribution is -2.44. The van der Waals surface area contributed by atoms with E-state index in [9.17, 15) is 18.0 Å². The van der Waals surface area contributed by atoms with Crippen LogP contribution in [-0.2, 0) is 15.7 Å². The van der Waals surface area contributed by atoms with Crippen molar-refractivity contribution in [1.82, 2.24) is 10.6 Å². The van der Waals surface area contributed by atoms with Crippen molar-refractivity contribution in [2.24, 2.45) is 0 Å². The Hall–Kier alpha value is -2.39. The number of ether oxygens (including phenoxy) is 1. The average Bonchev–Trinajstić information content (AvgIpc) is 3.14. The lowest BCUT2D eigenvalue weighted by Gasteiger charge is -2.30. The summed E-state index contributed by atoms with van der Waals surface area (Å²) in [5.41, 5.74) is 0.215. The summed E-state index contributed by atoms with van der Waals surface area (Å²) in [6.45, 7) is 0. The summed E-state index contributed by atoms with van der Waals surface area (Å²) in [6.07, 6.45) is -4.44. The fourth-order valence-electron chi connectivity index (χ4n) is 2.62. The van der Waals surface area contributed by atoms with Gasteiger partial charge in [-0.15, -0.1) is 11.3 Å². The van der Waals surface area contributed by atoms with Crippen LogP contribution in [0.1, 0.15) is 22.0 Å². The first-order chi connectivity index (χ1) is 12.3. The van der Waals surface area contributed by atoms with Crippen LogP contribution in [0.4, 0.5) is 13.2 Å². The number of nitrogens with one attached hydrogen (secondary N) is 2. The van der Waals surface area contributed by atoms with Gasteiger partial charge in [0.15, 0.2) is 5.11 Å². The normalized spacial score (nSPS) is 17.5. The van der Waals surface area contributed by atoms with Crippen molar-refractivity contribution < 1.29 is 22.7 Å². The highest BCUT2D eigenvalue weighted by Crippen LogP contribution is 2.35. The molecule has 0 amide bonds. The van der Waals surface area contributed by atoms with E-state index in [-0.39, 0.29) is 10.7 Å². The van der Waals surface area contributed by atoms with Crippen LogP contribution in [0.3, 0.4) is 0 Å². The Morgan fingerprint density at radius 3 is 2.46 bits per heavy atom.